The first-order valence-corrected chi connectivity index (χ1v) is 13.0. The Morgan fingerprint density at radius 3 is 2.58 bits per heavy atom. The SMILES string of the molecule is COc1cccc(CN(Cc2ccc(-n3ccnc3)cc2)c2ccnc(COCCN3CCOCC3)c2)c1. The molecule has 8 heteroatoms. The van der Waals surface area contributed by atoms with Crippen LogP contribution >= 0.6 is 0 Å². The van der Waals surface area contributed by atoms with Crippen LogP contribution in [-0.4, -0.2) is 66.0 Å². The van der Waals surface area contributed by atoms with Gasteiger partial charge in [0.1, 0.15) is 5.75 Å². The Labute approximate surface area is 224 Å². The molecule has 5 rings (SSSR count). The number of hydrogen-bond donors (Lipinski definition) is 0. The molecule has 3 heterocycles. The van der Waals surface area contributed by atoms with E-state index in [1.165, 1.54) is 11.1 Å². The molecule has 0 radical (unpaired) electrons. The number of aromatic nitrogens is 3. The first kappa shape index (κ1) is 25.9. The summed E-state index contributed by atoms with van der Waals surface area (Å²) in [4.78, 5) is 13.5. The first-order chi connectivity index (χ1) is 18.8. The maximum absolute atomic E-state index is 5.99. The quantitative estimate of drug-likeness (QED) is 0.261. The van der Waals surface area contributed by atoms with Crippen molar-refractivity contribution in [3.63, 3.8) is 0 Å². The topological polar surface area (TPSA) is 64.9 Å². The van der Waals surface area contributed by atoms with Gasteiger partial charge in [-0.3, -0.25) is 9.88 Å². The minimum Gasteiger partial charge on any atom is -0.497 e. The standard InChI is InChI=1S/C30H35N5O3/c1-36-30-4-2-3-26(19-30)22-35(21-25-5-7-28(8-6-25)34-12-11-31-24-34)29-9-10-32-27(20-29)23-38-18-15-33-13-16-37-17-14-33/h2-12,19-20,24H,13-18,21-23H2,1H3. The number of nitrogens with zero attached hydrogens (tertiary/aromatic N) is 5. The minimum absolute atomic E-state index is 0.491. The second-order valence-electron chi connectivity index (χ2n) is 9.36. The molecule has 0 saturated carbocycles. The van der Waals surface area contributed by atoms with E-state index in [1.54, 1.807) is 13.3 Å². The van der Waals surface area contributed by atoms with Crippen molar-refractivity contribution in [1.29, 1.82) is 0 Å². The number of methoxy groups -OCH3 is 1. The molecule has 0 unspecified atom stereocenters. The molecule has 0 amide bonds. The van der Waals surface area contributed by atoms with Crippen molar-refractivity contribution in [2.75, 3.05) is 51.5 Å². The molecule has 38 heavy (non-hydrogen) atoms. The summed E-state index contributed by atoms with van der Waals surface area (Å²) in [7, 11) is 1.70. The van der Waals surface area contributed by atoms with Gasteiger partial charge < -0.3 is 23.7 Å². The second-order valence-corrected chi connectivity index (χ2v) is 9.36. The predicted octanol–water partition coefficient (Wildman–Crippen LogP) is 4.33. The number of hydrogen-bond acceptors (Lipinski definition) is 7. The highest BCUT2D eigenvalue weighted by molar-refractivity contribution is 5.49. The van der Waals surface area contributed by atoms with E-state index in [2.05, 4.69) is 68.3 Å². The van der Waals surface area contributed by atoms with Crippen molar-refractivity contribution in [2.24, 2.45) is 0 Å². The third kappa shape index (κ3) is 7.19. The van der Waals surface area contributed by atoms with Gasteiger partial charge in [0.25, 0.3) is 0 Å². The predicted molar refractivity (Wildman–Crippen MR) is 148 cm³/mol. The molecule has 4 aromatic rings. The molecular weight excluding hydrogens is 478 g/mol. The van der Waals surface area contributed by atoms with Gasteiger partial charge in [-0.15, -0.1) is 0 Å². The van der Waals surface area contributed by atoms with E-state index in [4.69, 9.17) is 14.2 Å². The van der Waals surface area contributed by atoms with Gasteiger partial charge in [0.15, 0.2) is 0 Å². The van der Waals surface area contributed by atoms with Crippen molar-refractivity contribution in [1.82, 2.24) is 19.4 Å². The summed E-state index contributed by atoms with van der Waals surface area (Å²) in [5.41, 5.74) is 5.52. The monoisotopic (exact) mass is 513 g/mol. The number of rotatable bonds is 12. The zero-order chi connectivity index (χ0) is 26.0. The van der Waals surface area contributed by atoms with Crippen molar-refractivity contribution in [3.05, 3.63) is 102 Å². The lowest BCUT2D eigenvalue weighted by Gasteiger charge is -2.26. The van der Waals surface area contributed by atoms with Crippen LogP contribution in [0, 0.1) is 0 Å². The Morgan fingerprint density at radius 2 is 1.79 bits per heavy atom. The fourth-order valence-electron chi connectivity index (χ4n) is 4.57. The zero-order valence-corrected chi connectivity index (χ0v) is 21.9. The number of benzene rings is 2. The molecule has 1 aliphatic rings. The van der Waals surface area contributed by atoms with Crippen LogP contribution in [0.3, 0.4) is 0 Å². The zero-order valence-electron chi connectivity index (χ0n) is 21.9. The average molecular weight is 514 g/mol. The Hall–Kier alpha value is -3.72. The molecular formula is C30H35N5O3. The Balaban J connectivity index is 1.28. The van der Waals surface area contributed by atoms with E-state index in [9.17, 15) is 0 Å². The van der Waals surface area contributed by atoms with Gasteiger partial charge in [0.2, 0.25) is 0 Å². The lowest BCUT2D eigenvalue weighted by molar-refractivity contribution is 0.0177. The van der Waals surface area contributed by atoms with Crippen molar-refractivity contribution < 1.29 is 14.2 Å². The van der Waals surface area contributed by atoms with Crippen LogP contribution in [0.15, 0.2) is 85.6 Å². The molecule has 1 fully saturated rings. The highest BCUT2D eigenvalue weighted by Gasteiger charge is 2.13. The summed E-state index contributed by atoms with van der Waals surface area (Å²) in [5.74, 6) is 0.858. The molecule has 0 atom stereocenters. The van der Waals surface area contributed by atoms with E-state index in [0.717, 1.165) is 68.8 Å². The van der Waals surface area contributed by atoms with Gasteiger partial charge >= 0.3 is 0 Å². The smallest absolute Gasteiger partial charge is 0.119 e. The summed E-state index contributed by atoms with van der Waals surface area (Å²) in [5, 5.41) is 0. The lowest BCUT2D eigenvalue weighted by atomic mass is 10.1. The number of imidazole rings is 1. The highest BCUT2D eigenvalue weighted by atomic mass is 16.5. The summed E-state index contributed by atoms with van der Waals surface area (Å²) in [6.45, 7) is 7.13. The Bertz CT molecular complexity index is 1260. The molecule has 0 bridgehead atoms. The average Bonchev–Trinajstić information content (AvgIpc) is 3.52. The third-order valence-corrected chi connectivity index (χ3v) is 6.69. The fraction of sp³-hybridized carbons (Fsp3) is 0.333. The van der Waals surface area contributed by atoms with Crippen LogP contribution in [0.4, 0.5) is 5.69 Å². The van der Waals surface area contributed by atoms with Crippen LogP contribution < -0.4 is 9.64 Å². The van der Waals surface area contributed by atoms with Crippen LogP contribution in [0.5, 0.6) is 5.75 Å². The van der Waals surface area contributed by atoms with Gasteiger partial charge in [-0.25, -0.2) is 4.98 Å². The van der Waals surface area contributed by atoms with Crippen LogP contribution in [-0.2, 0) is 29.2 Å². The summed E-state index contributed by atoms with van der Waals surface area (Å²) in [6.07, 6.45) is 7.42. The number of morpholine rings is 1. The highest BCUT2D eigenvalue weighted by Crippen LogP contribution is 2.23. The third-order valence-electron chi connectivity index (χ3n) is 6.69. The number of ether oxygens (including phenoxy) is 3. The molecule has 198 valence electrons. The van der Waals surface area contributed by atoms with E-state index < -0.39 is 0 Å². The van der Waals surface area contributed by atoms with Gasteiger partial charge in [0.05, 0.1) is 45.6 Å². The van der Waals surface area contributed by atoms with Crippen LogP contribution in [0.25, 0.3) is 5.69 Å². The van der Waals surface area contributed by atoms with Gasteiger partial charge in [-0.2, -0.15) is 0 Å². The fourth-order valence-corrected chi connectivity index (χ4v) is 4.57. The van der Waals surface area contributed by atoms with Crippen molar-refractivity contribution >= 4 is 5.69 Å². The molecule has 2 aromatic heterocycles. The summed E-state index contributed by atoms with van der Waals surface area (Å²) < 4.78 is 18.9. The van der Waals surface area contributed by atoms with Crippen molar-refractivity contribution in [2.45, 2.75) is 19.7 Å². The van der Waals surface area contributed by atoms with Crippen LogP contribution in [0.1, 0.15) is 16.8 Å². The van der Waals surface area contributed by atoms with Crippen molar-refractivity contribution in [3.8, 4) is 11.4 Å². The molecule has 1 saturated heterocycles. The molecule has 2 aromatic carbocycles. The first-order valence-electron chi connectivity index (χ1n) is 13.0. The van der Waals surface area contributed by atoms with Gasteiger partial charge in [-0.05, 0) is 47.5 Å². The molecule has 0 aliphatic carbocycles. The van der Waals surface area contributed by atoms with E-state index in [1.807, 2.05) is 35.4 Å². The summed E-state index contributed by atoms with van der Waals surface area (Å²) in [6, 6.07) is 21.0. The molecule has 0 spiro atoms. The minimum atomic E-state index is 0.491. The maximum Gasteiger partial charge on any atom is 0.119 e. The van der Waals surface area contributed by atoms with E-state index in [-0.39, 0.29) is 0 Å². The van der Waals surface area contributed by atoms with E-state index in [0.29, 0.717) is 13.2 Å². The molecule has 1 aliphatic heterocycles. The lowest BCUT2D eigenvalue weighted by Crippen LogP contribution is -2.38. The largest absolute Gasteiger partial charge is 0.497 e. The summed E-state index contributed by atoms with van der Waals surface area (Å²) >= 11 is 0. The Morgan fingerprint density at radius 1 is 0.947 bits per heavy atom. The van der Waals surface area contributed by atoms with Crippen LogP contribution in [0.2, 0.25) is 0 Å². The van der Waals surface area contributed by atoms with Gasteiger partial charge in [-0.1, -0.05) is 24.3 Å². The normalized spacial score (nSPS) is 13.9. The maximum atomic E-state index is 5.99. The van der Waals surface area contributed by atoms with E-state index >= 15 is 0 Å². The Kier molecular flexibility index (Phi) is 8.99. The second kappa shape index (κ2) is 13.2. The van der Waals surface area contributed by atoms with Gasteiger partial charge in [0, 0.05) is 62.7 Å². The molecule has 0 N–H and O–H groups in total. The number of anilines is 1. The molecule has 8 nitrogen and oxygen atoms in total. The number of pyridine rings is 1.